The van der Waals surface area contributed by atoms with Crippen LogP contribution in [-0.4, -0.2) is 32.8 Å². The highest BCUT2D eigenvalue weighted by Gasteiger charge is 2.29. The molecule has 0 amide bonds. The number of para-hydroxylation sites is 1. The average Bonchev–Trinajstić information content (AvgIpc) is 3.99. The summed E-state index contributed by atoms with van der Waals surface area (Å²) in [7, 11) is 2.19. The van der Waals surface area contributed by atoms with E-state index in [0.29, 0.717) is 6.67 Å². The fourth-order valence-electron chi connectivity index (χ4n) is 10.2. The first kappa shape index (κ1) is 39.0. The van der Waals surface area contributed by atoms with Gasteiger partial charge >= 0.3 is 0 Å². The van der Waals surface area contributed by atoms with Gasteiger partial charge in [-0.15, -0.1) is 0 Å². The van der Waals surface area contributed by atoms with Gasteiger partial charge in [0, 0.05) is 54.8 Å². The molecule has 3 aromatic heterocycles. The number of rotatable bonds is 7. The van der Waals surface area contributed by atoms with Crippen LogP contribution in [0.1, 0.15) is 45.0 Å². The Hall–Kier alpha value is -7.64. The topological polar surface area (TPSA) is 51.4 Å². The van der Waals surface area contributed by atoms with Gasteiger partial charge in [-0.2, -0.15) is 0 Å². The van der Waals surface area contributed by atoms with E-state index in [4.69, 9.17) is 14.7 Å². The Morgan fingerprint density at radius 1 is 0.585 bits per heavy atom. The average molecular weight is 847 g/mol. The summed E-state index contributed by atoms with van der Waals surface area (Å²) < 4.78 is 11.9. The molecule has 0 spiro atoms. The fourth-order valence-corrected chi connectivity index (χ4v) is 10.2. The highest BCUT2D eigenvalue weighted by atomic mass is 16.5. The van der Waals surface area contributed by atoms with E-state index >= 15 is 0 Å². The minimum absolute atomic E-state index is 0.0261. The number of imidazole rings is 1. The van der Waals surface area contributed by atoms with Crippen molar-refractivity contribution in [2.24, 2.45) is 0 Å². The molecule has 12 rings (SSSR count). The molecule has 7 nitrogen and oxygen atoms in total. The van der Waals surface area contributed by atoms with E-state index in [9.17, 15) is 0 Å². The van der Waals surface area contributed by atoms with Gasteiger partial charge in [0.1, 0.15) is 23.1 Å². The monoisotopic (exact) mass is 846 g/mol. The van der Waals surface area contributed by atoms with Crippen molar-refractivity contribution in [3.05, 3.63) is 181 Å². The number of ether oxygens (including phenoxy) is 1. The van der Waals surface area contributed by atoms with Crippen molar-refractivity contribution in [3.8, 4) is 50.7 Å². The van der Waals surface area contributed by atoms with Crippen LogP contribution in [0.2, 0.25) is 0 Å². The molecule has 0 radical (unpaired) electrons. The first-order valence-electron chi connectivity index (χ1n) is 22.8. The summed E-state index contributed by atoms with van der Waals surface area (Å²) in [5.41, 5.74) is 15.9. The van der Waals surface area contributed by atoms with Gasteiger partial charge in [0.2, 0.25) is 0 Å². The number of hydrogen-bond donors (Lipinski definition) is 0. The minimum atomic E-state index is -0.0261. The molecule has 7 heteroatoms. The molecule has 7 aromatic carbocycles. The van der Waals surface area contributed by atoms with Crippen molar-refractivity contribution in [1.82, 2.24) is 19.1 Å². The maximum atomic E-state index is 7.16. The predicted octanol–water partition coefficient (Wildman–Crippen LogP) is 14.5. The highest BCUT2D eigenvalue weighted by molar-refractivity contribution is 6.09. The second-order valence-electron chi connectivity index (χ2n) is 18.7. The molecular formula is C58H50N6O. The molecule has 0 bridgehead atoms. The lowest BCUT2D eigenvalue weighted by atomic mass is 9.87. The molecule has 5 heterocycles. The SMILES string of the molecule is CN1CN(c2cc(Oc3ccc4c5ccccc5n(-c5cc(C(C)(C)C)ccn5)c4c3)cc(-c3c(-c4ccccc4)cccc3-c3ccccc3)c2)c2cc3nc4n(c3cc21)CCCC4. The zero-order valence-corrected chi connectivity index (χ0v) is 37.3. The first-order valence-corrected chi connectivity index (χ1v) is 22.8. The number of anilines is 3. The van der Waals surface area contributed by atoms with Gasteiger partial charge in [-0.1, -0.05) is 118 Å². The Labute approximate surface area is 379 Å². The van der Waals surface area contributed by atoms with Gasteiger partial charge in [0.25, 0.3) is 0 Å². The molecule has 0 fully saturated rings. The lowest BCUT2D eigenvalue weighted by molar-refractivity contribution is 0.483. The maximum absolute atomic E-state index is 7.16. The van der Waals surface area contributed by atoms with Crippen LogP contribution in [-0.2, 0) is 18.4 Å². The molecule has 0 N–H and O–H groups in total. The summed E-state index contributed by atoms with van der Waals surface area (Å²) in [6.45, 7) is 8.46. The summed E-state index contributed by atoms with van der Waals surface area (Å²) >= 11 is 0. The standard InChI is InChI=1S/C58H50N6O/c1-58(2,3)41-27-28-59-56(32-41)64-50-23-12-11-20-47(50)48-26-25-43(34-51(48)64)65-44-31-40(57-45(38-16-7-5-8-17-38)21-15-22-46(57)39-18-9-6-10-19-39)30-42(33-44)63-37-61(4)53-36-52-49(35-54(53)63)60-55-24-13-14-29-62(52)55/h5-12,15-23,25-28,30-36H,13-14,24,29,37H2,1-4H3. The molecule has 318 valence electrons. The van der Waals surface area contributed by atoms with Crippen molar-refractivity contribution in [1.29, 1.82) is 0 Å². The summed E-state index contributed by atoms with van der Waals surface area (Å²) in [6.07, 6.45) is 5.34. The second-order valence-corrected chi connectivity index (χ2v) is 18.7. The highest BCUT2D eigenvalue weighted by Crippen LogP contribution is 2.48. The Bertz CT molecular complexity index is 3390. The van der Waals surface area contributed by atoms with E-state index < -0.39 is 0 Å². The van der Waals surface area contributed by atoms with Gasteiger partial charge in [0.05, 0.1) is 40.1 Å². The number of fused-ring (bicyclic) bond motifs is 7. The fraction of sp³-hybridized carbons (Fsp3) is 0.172. The number of aromatic nitrogens is 4. The second kappa shape index (κ2) is 15.3. The zero-order valence-electron chi connectivity index (χ0n) is 37.3. The third-order valence-electron chi connectivity index (χ3n) is 13.5. The first-order chi connectivity index (χ1) is 31.7. The lowest BCUT2D eigenvalue weighted by Crippen LogP contribution is -2.24. The zero-order chi connectivity index (χ0) is 43.8. The largest absolute Gasteiger partial charge is 0.457 e. The van der Waals surface area contributed by atoms with E-state index in [1.54, 1.807) is 0 Å². The molecule has 10 aromatic rings. The molecule has 0 atom stereocenters. The lowest BCUT2D eigenvalue weighted by Gasteiger charge is -2.23. The molecule has 0 saturated heterocycles. The quantitative estimate of drug-likeness (QED) is 0.160. The van der Waals surface area contributed by atoms with Gasteiger partial charge in [-0.25, -0.2) is 9.97 Å². The van der Waals surface area contributed by atoms with Crippen LogP contribution in [0.3, 0.4) is 0 Å². The Morgan fingerprint density at radius 2 is 1.32 bits per heavy atom. The maximum Gasteiger partial charge on any atom is 0.137 e. The molecular weight excluding hydrogens is 797 g/mol. The predicted molar refractivity (Wildman–Crippen MR) is 268 cm³/mol. The van der Waals surface area contributed by atoms with Crippen LogP contribution < -0.4 is 14.5 Å². The third kappa shape index (κ3) is 6.73. The van der Waals surface area contributed by atoms with Crippen LogP contribution in [0.5, 0.6) is 11.5 Å². The minimum Gasteiger partial charge on any atom is -0.457 e. The molecule has 2 aliphatic rings. The Balaban J connectivity index is 1.06. The molecule has 2 aliphatic heterocycles. The number of hydrogen-bond acceptors (Lipinski definition) is 5. The Morgan fingerprint density at radius 3 is 2.09 bits per heavy atom. The molecule has 0 unspecified atom stereocenters. The Kier molecular flexibility index (Phi) is 9.16. The van der Waals surface area contributed by atoms with Crippen molar-refractivity contribution >= 4 is 49.9 Å². The van der Waals surface area contributed by atoms with Crippen molar-refractivity contribution in [2.45, 2.75) is 52.0 Å². The summed E-state index contributed by atoms with van der Waals surface area (Å²) in [5.74, 6) is 3.59. The normalized spacial score (nSPS) is 13.8. The number of aryl methyl sites for hydroxylation is 2. The number of benzene rings is 7. The summed E-state index contributed by atoms with van der Waals surface area (Å²) in [4.78, 5) is 14.9. The van der Waals surface area contributed by atoms with E-state index in [0.717, 1.165) is 97.0 Å². The van der Waals surface area contributed by atoms with Gasteiger partial charge in [0.15, 0.2) is 0 Å². The van der Waals surface area contributed by atoms with E-state index in [1.165, 1.54) is 40.8 Å². The van der Waals surface area contributed by atoms with Gasteiger partial charge < -0.3 is 19.1 Å². The molecule has 0 saturated carbocycles. The van der Waals surface area contributed by atoms with E-state index in [-0.39, 0.29) is 5.41 Å². The smallest absolute Gasteiger partial charge is 0.137 e. The van der Waals surface area contributed by atoms with E-state index in [2.05, 4.69) is 211 Å². The third-order valence-corrected chi connectivity index (χ3v) is 13.5. The van der Waals surface area contributed by atoms with Gasteiger partial charge in [-0.3, -0.25) is 4.57 Å². The summed E-state index contributed by atoms with van der Waals surface area (Å²) in [5, 5.41) is 2.33. The number of pyridine rings is 1. The van der Waals surface area contributed by atoms with Crippen LogP contribution in [0.25, 0.3) is 72.0 Å². The molecule has 65 heavy (non-hydrogen) atoms. The van der Waals surface area contributed by atoms with E-state index in [1.807, 2.05) is 6.20 Å². The van der Waals surface area contributed by atoms with Crippen LogP contribution >= 0.6 is 0 Å². The van der Waals surface area contributed by atoms with Crippen LogP contribution in [0.15, 0.2) is 170 Å². The van der Waals surface area contributed by atoms with Crippen molar-refractivity contribution in [3.63, 3.8) is 0 Å². The van der Waals surface area contributed by atoms with Crippen LogP contribution in [0, 0.1) is 0 Å². The van der Waals surface area contributed by atoms with Crippen molar-refractivity contribution < 1.29 is 4.74 Å². The van der Waals surface area contributed by atoms with Gasteiger partial charge in [-0.05, 0) is 112 Å². The summed E-state index contributed by atoms with van der Waals surface area (Å²) in [6, 6.07) is 59.0. The van der Waals surface area contributed by atoms with Crippen molar-refractivity contribution in [2.75, 3.05) is 23.5 Å². The van der Waals surface area contributed by atoms with Crippen LogP contribution in [0.4, 0.5) is 17.1 Å². The number of nitrogens with zero attached hydrogens (tertiary/aromatic N) is 6. The molecule has 0 aliphatic carbocycles.